The van der Waals surface area contributed by atoms with Crippen molar-refractivity contribution < 1.29 is 27.3 Å². The third-order valence-electron chi connectivity index (χ3n) is 4.98. The van der Waals surface area contributed by atoms with E-state index in [-0.39, 0.29) is 28.8 Å². The summed E-state index contributed by atoms with van der Waals surface area (Å²) in [5.74, 6) is -0.829. The summed E-state index contributed by atoms with van der Waals surface area (Å²) in [7, 11) is 0. The number of halogens is 5. The van der Waals surface area contributed by atoms with Crippen molar-refractivity contribution >= 4 is 35.1 Å². The summed E-state index contributed by atoms with van der Waals surface area (Å²) >= 11 is 11.9. The first kappa shape index (κ1) is 22.1. The number of amides is 3. The van der Waals surface area contributed by atoms with Crippen molar-refractivity contribution in [3.05, 3.63) is 69.5 Å². The fraction of sp³-hybridized carbons (Fsp3) is 0.200. The lowest BCUT2D eigenvalue weighted by Crippen LogP contribution is -2.40. The zero-order chi connectivity index (χ0) is 23.3. The third-order valence-corrected chi connectivity index (χ3v) is 5.72. The second-order valence-corrected chi connectivity index (χ2v) is 7.98. The first-order chi connectivity index (χ1) is 15.0. The number of imide groups is 1. The van der Waals surface area contributed by atoms with Gasteiger partial charge in [0.1, 0.15) is 12.1 Å². The Bertz CT molecular complexity index is 1230. The van der Waals surface area contributed by atoms with Crippen LogP contribution < -0.4 is 5.32 Å². The highest BCUT2D eigenvalue weighted by Crippen LogP contribution is 2.34. The predicted molar refractivity (Wildman–Crippen MR) is 108 cm³/mol. The van der Waals surface area contributed by atoms with Crippen LogP contribution in [-0.4, -0.2) is 27.0 Å². The molecule has 1 aliphatic rings. The van der Waals surface area contributed by atoms with Crippen LogP contribution in [0.2, 0.25) is 10.0 Å². The van der Waals surface area contributed by atoms with Crippen LogP contribution in [0.25, 0.3) is 11.4 Å². The number of carbonyl (C=O) groups excluding carboxylic acids is 2. The molecule has 12 heteroatoms. The molecule has 7 nitrogen and oxygen atoms in total. The monoisotopic (exact) mass is 484 g/mol. The molecule has 1 N–H and O–H groups in total. The Balaban J connectivity index is 1.57. The van der Waals surface area contributed by atoms with Gasteiger partial charge >= 0.3 is 12.2 Å². The van der Waals surface area contributed by atoms with Gasteiger partial charge in [-0.1, -0.05) is 46.6 Å². The Hall–Kier alpha value is -3.11. The standard InChI is InChI=1S/C20H13Cl2F3N4O3/c1-19(11-5-6-13(21)14(22)8-11)17(30)29(18(31)27-19)9-15-26-16(28-32-15)10-3-2-4-12(7-10)20(23,24)25/h2-8H,9H2,1H3,(H,27,31). The number of nitrogens with one attached hydrogen (secondary N) is 1. The molecule has 1 unspecified atom stereocenters. The molecule has 4 rings (SSSR count). The Kier molecular flexibility index (Phi) is 5.38. The van der Waals surface area contributed by atoms with Crippen LogP contribution >= 0.6 is 23.2 Å². The predicted octanol–water partition coefficient (Wildman–Crippen LogP) is 5.03. The number of aromatic nitrogens is 2. The normalized spacial score (nSPS) is 18.9. The van der Waals surface area contributed by atoms with E-state index in [1.807, 2.05) is 0 Å². The third kappa shape index (κ3) is 3.91. The van der Waals surface area contributed by atoms with E-state index in [1.54, 1.807) is 6.07 Å². The van der Waals surface area contributed by atoms with Gasteiger partial charge in [-0.05, 0) is 36.8 Å². The molecule has 2 heterocycles. The lowest BCUT2D eigenvalue weighted by Gasteiger charge is -2.22. The van der Waals surface area contributed by atoms with Crippen molar-refractivity contribution in [2.75, 3.05) is 0 Å². The molecular formula is C20H13Cl2F3N4O3. The number of hydrogen-bond donors (Lipinski definition) is 1. The number of benzene rings is 2. The molecule has 3 aromatic rings. The maximum absolute atomic E-state index is 13.0. The van der Waals surface area contributed by atoms with Gasteiger partial charge < -0.3 is 9.84 Å². The molecular weight excluding hydrogens is 472 g/mol. The molecule has 3 amide bonds. The number of alkyl halides is 3. The van der Waals surface area contributed by atoms with Gasteiger partial charge in [0, 0.05) is 5.56 Å². The van der Waals surface area contributed by atoms with Gasteiger partial charge in [0.15, 0.2) is 0 Å². The molecule has 0 bridgehead atoms. The highest BCUT2D eigenvalue weighted by Gasteiger charge is 2.49. The molecule has 2 aromatic carbocycles. The minimum Gasteiger partial charge on any atom is -0.337 e. The van der Waals surface area contributed by atoms with Crippen molar-refractivity contribution in [2.24, 2.45) is 0 Å². The SMILES string of the molecule is CC1(c2ccc(Cl)c(Cl)c2)NC(=O)N(Cc2nc(-c3cccc(C(F)(F)F)c3)no2)C1=O. The lowest BCUT2D eigenvalue weighted by atomic mass is 9.92. The number of carbonyl (C=O) groups is 2. The van der Waals surface area contributed by atoms with Gasteiger partial charge in [0.25, 0.3) is 5.91 Å². The number of urea groups is 1. The summed E-state index contributed by atoms with van der Waals surface area (Å²) in [5, 5.41) is 6.77. The zero-order valence-corrected chi connectivity index (χ0v) is 17.7. The van der Waals surface area contributed by atoms with Crippen LogP contribution in [-0.2, 0) is 23.1 Å². The Labute approximate surface area is 189 Å². The summed E-state index contributed by atoms with van der Waals surface area (Å²) in [5.41, 5.74) is -1.78. The van der Waals surface area contributed by atoms with Crippen LogP contribution in [0.3, 0.4) is 0 Å². The number of nitrogens with zero attached hydrogens (tertiary/aromatic N) is 3. The van der Waals surface area contributed by atoms with Gasteiger partial charge in [-0.15, -0.1) is 0 Å². The van der Waals surface area contributed by atoms with Crippen molar-refractivity contribution in [1.29, 1.82) is 0 Å². The largest absolute Gasteiger partial charge is 0.416 e. The zero-order valence-electron chi connectivity index (χ0n) is 16.2. The van der Waals surface area contributed by atoms with Crippen LogP contribution in [0.4, 0.5) is 18.0 Å². The van der Waals surface area contributed by atoms with E-state index in [1.165, 1.54) is 31.2 Å². The van der Waals surface area contributed by atoms with E-state index >= 15 is 0 Å². The lowest BCUT2D eigenvalue weighted by molar-refractivity contribution is -0.137. The maximum atomic E-state index is 13.0. The topological polar surface area (TPSA) is 88.3 Å². The van der Waals surface area contributed by atoms with Crippen LogP contribution in [0.1, 0.15) is 23.9 Å². The average molecular weight is 485 g/mol. The molecule has 1 atom stereocenters. The van der Waals surface area contributed by atoms with Gasteiger partial charge in [-0.3, -0.25) is 9.69 Å². The molecule has 1 saturated heterocycles. The molecule has 1 aliphatic heterocycles. The summed E-state index contributed by atoms with van der Waals surface area (Å²) in [4.78, 5) is 30.4. The molecule has 0 spiro atoms. The van der Waals surface area contributed by atoms with E-state index in [2.05, 4.69) is 15.5 Å². The first-order valence-electron chi connectivity index (χ1n) is 9.09. The summed E-state index contributed by atoms with van der Waals surface area (Å²) < 4.78 is 43.9. The van der Waals surface area contributed by atoms with E-state index in [0.717, 1.165) is 17.0 Å². The molecule has 1 fully saturated rings. The van der Waals surface area contributed by atoms with Crippen LogP contribution in [0.5, 0.6) is 0 Å². The van der Waals surface area contributed by atoms with E-state index in [4.69, 9.17) is 27.7 Å². The van der Waals surface area contributed by atoms with E-state index in [9.17, 15) is 22.8 Å². The van der Waals surface area contributed by atoms with Crippen molar-refractivity contribution in [3.8, 4) is 11.4 Å². The molecule has 166 valence electrons. The van der Waals surface area contributed by atoms with E-state index < -0.39 is 29.2 Å². The Morgan fingerprint density at radius 2 is 1.88 bits per heavy atom. The maximum Gasteiger partial charge on any atom is 0.416 e. The Morgan fingerprint density at radius 3 is 2.56 bits per heavy atom. The molecule has 1 aromatic heterocycles. The quantitative estimate of drug-likeness (QED) is 0.524. The highest BCUT2D eigenvalue weighted by atomic mass is 35.5. The number of hydrogen-bond acceptors (Lipinski definition) is 5. The average Bonchev–Trinajstić information content (AvgIpc) is 3.29. The van der Waals surface area contributed by atoms with Crippen molar-refractivity contribution in [2.45, 2.75) is 25.2 Å². The van der Waals surface area contributed by atoms with Crippen molar-refractivity contribution in [3.63, 3.8) is 0 Å². The molecule has 0 aliphatic carbocycles. The fourth-order valence-corrected chi connectivity index (χ4v) is 3.55. The first-order valence-corrected chi connectivity index (χ1v) is 9.84. The molecule has 0 radical (unpaired) electrons. The van der Waals surface area contributed by atoms with Gasteiger partial charge in [-0.25, -0.2) is 4.79 Å². The van der Waals surface area contributed by atoms with Crippen molar-refractivity contribution in [1.82, 2.24) is 20.4 Å². The van der Waals surface area contributed by atoms with Gasteiger partial charge in [-0.2, -0.15) is 18.2 Å². The highest BCUT2D eigenvalue weighted by molar-refractivity contribution is 6.42. The summed E-state index contributed by atoms with van der Waals surface area (Å²) in [6.45, 7) is 1.14. The smallest absolute Gasteiger partial charge is 0.337 e. The summed E-state index contributed by atoms with van der Waals surface area (Å²) in [6, 6.07) is 8.24. The summed E-state index contributed by atoms with van der Waals surface area (Å²) in [6.07, 6.45) is -4.53. The second-order valence-electron chi connectivity index (χ2n) is 7.17. The van der Waals surface area contributed by atoms with Gasteiger partial charge in [0.05, 0.1) is 15.6 Å². The minimum absolute atomic E-state index is 0.0765. The van der Waals surface area contributed by atoms with Gasteiger partial charge in [0.2, 0.25) is 11.7 Å². The minimum atomic E-state index is -4.53. The number of rotatable bonds is 4. The van der Waals surface area contributed by atoms with E-state index in [0.29, 0.717) is 10.6 Å². The van der Waals surface area contributed by atoms with Crippen LogP contribution in [0.15, 0.2) is 47.0 Å². The van der Waals surface area contributed by atoms with Crippen LogP contribution in [0, 0.1) is 0 Å². The Morgan fingerprint density at radius 1 is 1.12 bits per heavy atom. The fourth-order valence-electron chi connectivity index (χ4n) is 3.25. The second kappa shape index (κ2) is 7.79. The molecule has 0 saturated carbocycles. The molecule has 32 heavy (non-hydrogen) atoms.